The number of hydrogen-bond donors (Lipinski definition) is 1. The number of fused-ring (bicyclic) bond motifs is 1. The van der Waals surface area contributed by atoms with Crippen LogP contribution in [0.1, 0.15) is 23.1 Å². The van der Waals surface area contributed by atoms with Crippen molar-refractivity contribution in [1.29, 1.82) is 0 Å². The van der Waals surface area contributed by atoms with E-state index in [1.54, 1.807) is 0 Å². The van der Waals surface area contributed by atoms with Crippen molar-refractivity contribution in [2.24, 2.45) is 5.92 Å². The Balaban J connectivity index is 1.33. The number of hydrogen-bond acceptors (Lipinski definition) is 4. The van der Waals surface area contributed by atoms with Crippen LogP contribution < -0.4 is 9.47 Å². The first-order valence-electron chi connectivity index (χ1n) is 9.10. The zero-order valence-corrected chi connectivity index (χ0v) is 14.5. The van der Waals surface area contributed by atoms with E-state index in [-0.39, 0.29) is 6.61 Å². The van der Waals surface area contributed by atoms with E-state index in [1.165, 1.54) is 17.5 Å². The van der Waals surface area contributed by atoms with E-state index in [4.69, 9.17) is 14.6 Å². The van der Waals surface area contributed by atoms with Crippen LogP contribution in [0.25, 0.3) is 0 Å². The number of aliphatic hydroxyl groups is 1. The molecular weight excluding hydrogens is 314 g/mol. The summed E-state index contributed by atoms with van der Waals surface area (Å²) in [4.78, 5) is 2.53. The molecule has 0 unspecified atom stereocenters. The van der Waals surface area contributed by atoms with Crippen LogP contribution in [0, 0.1) is 5.92 Å². The van der Waals surface area contributed by atoms with Gasteiger partial charge < -0.3 is 14.6 Å². The summed E-state index contributed by atoms with van der Waals surface area (Å²) in [7, 11) is 0. The molecule has 0 aromatic heterocycles. The van der Waals surface area contributed by atoms with Gasteiger partial charge >= 0.3 is 0 Å². The standard InChI is InChI=1S/C21H25NO3/c23-15-17-3-1-16(2-4-17)11-19-7-8-22(14-19)13-18-5-6-20-21(12-18)25-10-9-24-20/h1-6,12,19,23H,7-11,13-15H2/t19-/m0/s1. The third kappa shape index (κ3) is 3.97. The first kappa shape index (κ1) is 16.4. The Kier molecular flexibility index (Phi) is 4.90. The van der Waals surface area contributed by atoms with Gasteiger partial charge in [0.25, 0.3) is 0 Å². The maximum absolute atomic E-state index is 9.14. The summed E-state index contributed by atoms with van der Waals surface area (Å²) in [5.74, 6) is 2.45. The molecule has 2 heterocycles. The number of benzene rings is 2. The highest BCUT2D eigenvalue weighted by atomic mass is 16.6. The van der Waals surface area contributed by atoms with Gasteiger partial charge in [-0.05, 0) is 54.1 Å². The first-order chi connectivity index (χ1) is 12.3. The first-order valence-corrected chi connectivity index (χ1v) is 9.10. The fourth-order valence-corrected chi connectivity index (χ4v) is 3.78. The molecular formula is C21H25NO3. The molecule has 0 saturated carbocycles. The van der Waals surface area contributed by atoms with Crippen molar-refractivity contribution in [3.63, 3.8) is 0 Å². The Morgan fingerprint density at radius 1 is 0.920 bits per heavy atom. The summed E-state index contributed by atoms with van der Waals surface area (Å²) in [5.41, 5.74) is 3.64. The lowest BCUT2D eigenvalue weighted by molar-refractivity contribution is 0.171. The summed E-state index contributed by atoms with van der Waals surface area (Å²) in [6, 6.07) is 14.6. The molecule has 0 radical (unpaired) electrons. The Morgan fingerprint density at radius 2 is 1.64 bits per heavy atom. The molecule has 2 aliphatic heterocycles. The second kappa shape index (κ2) is 7.46. The van der Waals surface area contributed by atoms with Gasteiger partial charge in [0.1, 0.15) is 13.2 Å². The molecule has 4 nitrogen and oxygen atoms in total. The fourth-order valence-electron chi connectivity index (χ4n) is 3.78. The number of aliphatic hydroxyl groups excluding tert-OH is 1. The molecule has 2 aromatic carbocycles. The van der Waals surface area contributed by atoms with Crippen LogP contribution >= 0.6 is 0 Å². The quantitative estimate of drug-likeness (QED) is 0.909. The summed E-state index contributed by atoms with van der Waals surface area (Å²) in [5, 5.41) is 9.14. The van der Waals surface area contributed by atoms with Crippen molar-refractivity contribution < 1.29 is 14.6 Å². The highest BCUT2D eigenvalue weighted by Crippen LogP contribution is 2.32. The Morgan fingerprint density at radius 3 is 2.44 bits per heavy atom. The molecule has 2 aromatic rings. The molecule has 1 saturated heterocycles. The summed E-state index contributed by atoms with van der Waals surface area (Å²) >= 11 is 0. The number of rotatable bonds is 5. The van der Waals surface area contributed by atoms with Crippen LogP contribution in [0.4, 0.5) is 0 Å². The molecule has 4 rings (SSSR count). The van der Waals surface area contributed by atoms with Crippen LogP contribution in [-0.2, 0) is 19.6 Å². The molecule has 132 valence electrons. The van der Waals surface area contributed by atoms with Gasteiger partial charge in [0.2, 0.25) is 0 Å². The van der Waals surface area contributed by atoms with E-state index < -0.39 is 0 Å². The van der Waals surface area contributed by atoms with E-state index in [2.05, 4.69) is 29.2 Å². The number of nitrogens with zero attached hydrogens (tertiary/aromatic N) is 1. The van der Waals surface area contributed by atoms with Gasteiger partial charge in [-0.2, -0.15) is 0 Å². The Bertz CT molecular complexity index is 714. The normalized spacial score (nSPS) is 20.0. The zero-order valence-electron chi connectivity index (χ0n) is 14.5. The van der Waals surface area contributed by atoms with Crippen LogP contribution in [0.2, 0.25) is 0 Å². The molecule has 1 fully saturated rings. The predicted octanol–water partition coefficient (Wildman–Crippen LogP) is 3.01. The lowest BCUT2D eigenvalue weighted by Crippen LogP contribution is -2.21. The smallest absolute Gasteiger partial charge is 0.161 e. The van der Waals surface area contributed by atoms with E-state index in [1.807, 2.05) is 18.2 Å². The lowest BCUT2D eigenvalue weighted by Gasteiger charge is -2.21. The van der Waals surface area contributed by atoms with Crippen molar-refractivity contribution in [3.05, 3.63) is 59.2 Å². The molecule has 0 aliphatic carbocycles. The van der Waals surface area contributed by atoms with E-state index in [9.17, 15) is 0 Å². The van der Waals surface area contributed by atoms with Gasteiger partial charge in [0.05, 0.1) is 6.61 Å². The maximum atomic E-state index is 9.14. The summed E-state index contributed by atoms with van der Waals surface area (Å²) < 4.78 is 11.3. The maximum Gasteiger partial charge on any atom is 0.161 e. The third-order valence-corrected chi connectivity index (χ3v) is 5.11. The molecule has 0 spiro atoms. The van der Waals surface area contributed by atoms with Crippen LogP contribution in [-0.4, -0.2) is 36.3 Å². The van der Waals surface area contributed by atoms with Crippen molar-refractivity contribution in [1.82, 2.24) is 4.90 Å². The van der Waals surface area contributed by atoms with Crippen molar-refractivity contribution in [2.75, 3.05) is 26.3 Å². The van der Waals surface area contributed by atoms with E-state index in [0.29, 0.717) is 19.1 Å². The van der Waals surface area contributed by atoms with Crippen LogP contribution in [0.15, 0.2) is 42.5 Å². The zero-order chi connectivity index (χ0) is 17.1. The number of likely N-dealkylation sites (tertiary alicyclic amines) is 1. The van der Waals surface area contributed by atoms with Crippen molar-refractivity contribution in [3.8, 4) is 11.5 Å². The highest BCUT2D eigenvalue weighted by Gasteiger charge is 2.23. The fraction of sp³-hybridized carbons (Fsp3) is 0.429. The second-order valence-corrected chi connectivity index (χ2v) is 7.05. The average Bonchev–Trinajstić information content (AvgIpc) is 3.09. The summed E-state index contributed by atoms with van der Waals surface area (Å²) in [6.07, 6.45) is 2.36. The van der Waals surface area contributed by atoms with Gasteiger partial charge in [-0.15, -0.1) is 0 Å². The number of ether oxygens (including phenoxy) is 2. The molecule has 1 N–H and O–H groups in total. The minimum absolute atomic E-state index is 0.118. The predicted molar refractivity (Wildman–Crippen MR) is 96.9 cm³/mol. The SMILES string of the molecule is OCc1ccc(C[C@@H]2CCN(Cc3ccc4c(c3)OCCO4)C2)cc1. The van der Waals surface area contributed by atoms with Crippen LogP contribution in [0.5, 0.6) is 11.5 Å². The van der Waals surface area contributed by atoms with Gasteiger partial charge in [0, 0.05) is 13.1 Å². The van der Waals surface area contributed by atoms with Gasteiger partial charge in [-0.25, -0.2) is 0 Å². The van der Waals surface area contributed by atoms with E-state index >= 15 is 0 Å². The van der Waals surface area contributed by atoms with Crippen LogP contribution in [0.3, 0.4) is 0 Å². The minimum atomic E-state index is 0.118. The lowest BCUT2D eigenvalue weighted by atomic mass is 9.98. The average molecular weight is 339 g/mol. The Hall–Kier alpha value is -2.04. The monoisotopic (exact) mass is 339 g/mol. The largest absolute Gasteiger partial charge is 0.486 e. The Labute approximate surface area is 149 Å². The van der Waals surface area contributed by atoms with Gasteiger partial charge in [-0.1, -0.05) is 30.3 Å². The second-order valence-electron chi connectivity index (χ2n) is 7.05. The third-order valence-electron chi connectivity index (χ3n) is 5.11. The molecule has 25 heavy (non-hydrogen) atoms. The molecule has 4 heteroatoms. The molecule has 0 bridgehead atoms. The summed E-state index contributed by atoms with van der Waals surface area (Å²) in [6.45, 7) is 4.64. The minimum Gasteiger partial charge on any atom is -0.486 e. The molecule has 2 aliphatic rings. The highest BCUT2D eigenvalue weighted by molar-refractivity contribution is 5.43. The van der Waals surface area contributed by atoms with Crippen molar-refractivity contribution in [2.45, 2.75) is 26.0 Å². The van der Waals surface area contributed by atoms with E-state index in [0.717, 1.165) is 43.1 Å². The molecule has 1 atom stereocenters. The topological polar surface area (TPSA) is 41.9 Å². The van der Waals surface area contributed by atoms with Gasteiger partial charge in [-0.3, -0.25) is 4.90 Å². The van der Waals surface area contributed by atoms with Crippen molar-refractivity contribution >= 4 is 0 Å². The van der Waals surface area contributed by atoms with Gasteiger partial charge in [0.15, 0.2) is 11.5 Å². The molecule has 0 amide bonds.